The molecule has 0 fully saturated rings. The molecule has 106 valence electrons. The molecule has 3 aromatic rings. The number of aromatic nitrogens is 3. The smallest absolute Gasteiger partial charge is 0.276 e. The first-order valence-electron chi connectivity index (χ1n) is 6.24. The van der Waals surface area contributed by atoms with Crippen LogP contribution in [0.25, 0.3) is 5.69 Å². The number of anilines is 1. The molecule has 1 aromatic carbocycles. The maximum absolute atomic E-state index is 12.4. The Bertz CT molecular complexity index is 832. The number of hydrogen-bond donors (Lipinski definition) is 2. The monoisotopic (exact) mass is 316 g/mol. The van der Waals surface area contributed by atoms with Gasteiger partial charge in [0.05, 0.1) is 5.69 Å². The predicted molar refractivity (Wildman–Crippen MR) is 85.8 cm³/mol. The summed E-state index contributed by atoms with van der Waals surface area (Å²) in [6, 6.07) is 9.51. The van der Waals surface area contributed by atoms with Crippen molar-refractivity contribution in [2.24, 2.45) is 0 Å². The number of thiazole rings is 1. The maximum Gasteiger partial charge on any atom is 0.276 e. The number of rotatable bonds is 3. The van der Waals surface area contributed by atoms with Crippen LogP contribution in [0.3, 0.4) is 0 Å². The first-order chi connectivity index (χ1) is 10.1. The molecule has 21 heavy (non-hydrogen) atoms. The van der Waals surface area contributed by atoms with E-state index in [4.69, 9.17) is 12.2 Å². The molecule has 0 bridgehead atoms. The number of imidazole rings is 1. The zero-order chi connectivity index (χ0) is 14.8. The molecule has 0 radical (unpaired) electrons. The third-order valence-corrected chi connectivity index (χ3v) is 4.04. The van der Waals surface area contributed by atoms with Crippen LogP contribution in [-0.2, 0) is 0 Å². The fourth-order valence-electron chi connectivity index (χ4n) is 1.94. The van der Waals surface area contributed by atoms with E-state index in [1.807, 2.05) is 42.6 Å². The summed E-state index contributed by atoms with van der Waals surface area (Å²) in [5.41, 5.74) is 2.16. The van der Waals surface area contributed by atoms with Crippen LogP contribution in [0.1, 0.15) is 16.2 Å². The van der Waals surface area contributed by atoms with E-state index in [0.717, 1.165) is 11.4 Å². The number of amides is 1. The molecule has 3 rings (SSSR count). The molecule has 2 aromatic heterocycles. The standard InChI is InChI=1S/C14H12N4OS2/c1-9-8-21-13(16-9)17-12(19)11-7-15-14(20)18(11)10-5-3-2-4-6-10/h2-8H,1H3,(H,15,20)(H,16,17,19). The normalized spacial score (nSPS) is 10.5. The molecule has 0 unspecified atom stereocenters. The van der Waals surface area contributed by atoms with Crippen molar-refractivity contribution in [2.45, 2.75) is 6.92 Å². The Morgan fingerprint density at radius 3 is 2.81 bits per heavy atom. The zero-order valence-corrected chi connectivity index (χ0v) is 12.8. The van der Waals surface area contributed by atoms with Gasteiger partial charge in [-0.05, 0) is 31.3 Å². The van der Waals surface area contributed by atoms with Gasteiger partial charge in [0.2, 0.25) is 0 Å². The average Bonchev–Trinajstić information content (AvgIpc) is 3.06. The lowest BCUT2D eigenvalue weighted by molar-refractivity contribution is 0.102. The lowest BCUT2D eigenvalue weighted by Gasteiger charge is -2.07. The average molecular weight is 316 g/mol. The second-order valence-electron chi connectivity index (χ2n) is 4.40. The van der Waals surface area contributed by atoms with Crippen molar-refractivity contribution in [3.63, 3.8) is 0 Å². The summed E-state index contributed by atoms with van der Waals surface area (Å²) in [6.45, 7) is 1.88. The highest BCUT2D eigenvalue weighted by atomic mass is 32.1. The minimum atomic E-state index is -0.249. The van der Waals surface area contributed by atoms with Crippen LogP contribution in [-0.4, -0.2) is 20.4 Å². The Morgan fingerprint density at radius 2 is 2.14 bits per heavy atom. The quantitative estimate of drug-likeness (QED) is 0.726. The lowest BCUT2D eigenvalue weighted by atomic mass is 10.3. The van der Waals surface area contributed by atoms with Crippen molar-refractivity contribution < 1.29 is 4.79 Å². The number of aryl methyl sites for hydroxylation is 1. The van der Waals surface area contributed by atoms with E-state index >= 15 is 0 Å². The van der Waals surface area contributed by atoms with Crippen LogP contribution in [0.15, 0.2) is 41.9 Å². The van der Waals surface area contributed by atoms with Gasteiger partial charge in [0.15, 0.2) is 9.90 Å². The Hall–Kier alpha value is -2.25. The van der Waals surface area contributed by atoms with Crippen LogP contribution in [0, 0.1) is 11.7 Å². The lowest BCUT2D eigenvalue weighted by Crippen LogP contribution is -2.16. The third kappa shape index (κ3) is 2.79. The third-order valence-electron chi connectivity index (χ3n) is 2.86. The topological polar surface area (TPSA) is 62.7 Å². The van der Waals surface area contributed by atoms with Crippen molar-refractivity contribution >= 4 is 34.6 Å². The highest BCUT2D eigenvalue weighted by Gasteiger charge is 2.15. The minimum Gasteiger partial charge on any atom is -0.336 e. The fourth-order valence-corrected chi connectivity index (χ4v) is 2.89. The molecule has 0 spiro atoms. The van der Waals surface area contributed by atoms with Crippen molar-refractivity contribution in [1.82, 2.24) is 14.5 Å². The number of hydrogen-bond acceptors (Lipinski definition) is 4. The number of para-hydroxylation sites is 1. The number of carbonyl (C=O) groups is 1. The van der Waals surface area contributed by atoms with Crippen molar-refractivity contribution in [3.05, 3.63) is 58.1 Å². The van der Waals surface area contributed by atoms with E-state index in [-0.39, 0.29) is 5.91 Å². The van der Waals surface area contributed by atoms with Crippen LogP contribution < -0.4 is 5.32 Å². The van der Waals surface area contributed by atoms with Crippen LogP contribution >= 0.6 is 23.6 Å². The fraction of sp³-hybridized carbons (Fsp3) is 0.0714. The highest BCUT2D eigenvalue weighted by Crippen LogP contribution is 2.17. The second-order valence-corrected chi connectivity index (χ2v) is 5.64. The molecule has 0 saturated heterocycles. The van der Waals surface area contributed by atoms with Gasteiger partial charge in [-0.25, -0.2) is 4.98 Å². The van der Waals surface area contributed by atoms with Gasteiger partial charge in [-0.15, -0.1) is 11.3 Å². The molecule has 0 aliphatic rings. The van der Waals surface area contributed by atoms with E-state index < -0.39 is 0 Å². The molecule has 7 heteroatoms. The van der Waals surface area contributed by atoms with E-state index in [1.165, 1.54) is 11.3 Å². The van der Waals surface area contributed by atoms with Gasteiger partial charge >= 0.3 is 0 Å². The molecule has 5 nitrogen and oxygen atoms in total. The van der Waals surface area contributed by atoms with Gasteiger partial charge in [0.1, 0.15) is 5.69 Å². The molecule has 0 aliphatic heterocycles. The van der Waals surface area contributed by atoms with Gasteiger partial charge in [-0.3, -0.25) is 14.7 Å². The summed E-state index contributed by atoms with van der Waals surface area (Å²) in [6.07, 6.45) is 1.60. The zero-order valence-electron chi connectivity index (χ0n) is 11.2. The number of aromatic amines is 1. The van der Waals surface area contributed by atoms with Gasteiger partial charge in [0, 0.05) is 17.3 Å². The van der Waals surface area contributed by atoms with E-state index in [0.29, 0.717) is 15.6 Å². The Morgan fingerprint density at radius 1 is 1.38 bits per heavy atom. The molecule has 0 saturated carbocycles. The summed E-state index contributed by atoms with van der Waals surface area (Å²) in [5, 5.41) is 5.24. The van der Waals surface area contributed by atoms with Crippen LogP contribution in [0.5, 0.6) is 0 Å². The molecule has 1 amide bonds. The first-order valence-corrected chi connectivity index (χ1v) is 7.53. The number of carbonyl (C=O) groups excluding carboxylic acids is 1. The molecule has 0 atom stereocenters. The Balaban J connectivity index is 1.96. The summed E-state index contributed by atoms with van der Waals surface area (Å²) in [7, 11) is 0. The largest absolute Gasteiger partial charge is 0.336 e. The van der Waals surface area contributed by atoms with E-state index in [9.17, 15) is 4.79 Å². The number of nitrogens with zero attached hydrogens (tertiary/aromatic N) is 2. The highest BCUT2D eigenvalue weighted by molar-refractivity contribution is 7.71. The first kappa shape index (κ1) is 13.7. The summed E-state index contributed by atoms with van der Waals surface area (Å²) in [5.74, 6) is -0.249. The summed E-state index contributed by atoms with van der Waals surface area (Å²) in [4.78, 5) is 19.5. The SMILES string of the molecule is Cc1csc(NC(=O)c2c[nH]c(=S)n2-c2ccccc2)n1. The van der Waals surface area contributed by atoms with Crippen molar-refractivity contribution in [3.8, 4) is 5.69 Å². The Kier molecular flexibility index (Phi) is 3.68. The number of benzene rings is 1. The molecule has 2 N–H and O–H groups in total. The predicted octanol–water partition coefficient (Wildman–Crippen LogP) is 3.55. The van der Waals surface area contributed by atoms with E-state index in [1.54, 1.807) is 10.8 Å². The van der Waals surface area contributed by atoms with Crippen molar-refractivity contribution in [1.29, 1.82) is 0 Å². The van der Waals surface area contributed by atoms with Gasteiger partial charge in [-0.1, -0.05) is 18.2 Å². The van der Waals surface area contributed by atoms with Crippen LogP contribution in [0.4, 0.5) is 5.13 Å². The van der Waals surface area contributed by atoms with Crippen LogP contribution in [0.2, 0.25) is 0 Å². The van der Waals surface area contributed by atoms with Gasteiger partial charge in [0.25, 0.3) is 5.91 Å². The molecule has 0 aliphatic carbocycles. The summed E-state index contributed by atoms with van der Waals surface area (Å²) >= 11 is 6.65. The Labute approximate surface area is 130 Å². The molecular weight excluding hydrogens is 304 g/mol. The number of H-pyrrole nitrogens is 1. The number of nitrogens with one attached hydrogen (secondary N) is 2. The van der Waals surface area contributed by atoms with Crippen molar-refractivity contribution in [2.75, 3.05) is 5.32 Å². The van der Waals surface area contributed by atoms with Gasteiger partial charge < -0.3 is 4.98 Å². The molecule has 2 heterocycles. The second kappa shape index (κ2) is 5.63. The summed E-state index contributed by atoms with van der Waals surface area (Å²) < 4.78 is 2.17. The maximum atomic E-state index is 12.4. The minimum absolute atomic E-state index is 0.249. The van der Waals surface area contributed by atoms with E-state index in [2.05, 4.69) is 15.3 Å². The van der Waals surface area contributed by atoms with Gasteiger partial charge in [-0.2, -0.15) is 0 Å². The molecular formula is C14H12N4OS2.